The molecule has 74 heavy (non-hydrogen) atoms. The average molecular weight is 1020 g/mol. The minimum absolute atomic E-state index is 0.163. The van der Waals surface area contributed by atoms with Crippen LogP contribution in [0.5, 0.6) is 0 Å². The topological polar surface area (TPSA) is 198 Å². The number of nitrogens with zero attached hydrogens (tertiary/aromatic N) is 1. The Morgan fingerprint density at radius 2 is 1.11 bits per heavy atom. The molecule has 4 aromatic carbocycles. The Hall–Kier alpha value is -6.67. The molecular weight excluding hydrogens is 937 g/mol. The molecule has 0 aliphatic carbocycles. The number of nitrogens with one attached hydrogen (secondary N) is 3. The molecule has 0 aliphatic heterocycles. The van der Waals surface area contributed by atoms with Crippen LogP contribution in [-0.4, -0.2) is 94.3 Å². The molecule has 4 amide bonds. The van der Waals surface area contributed by atoms with Gasteiger partial charge in [-0.05, 0) is 82.1 Å². The van der Waals surface area contributed by atoms with E-state index < -0.39 is 94.6 Å². The lowest BCUT2D eigenvalue weighted by Gasteiger charge is -2.37. The van der Waals surface area contributed by atoms with Gasteiger partial charge in [0.1, 0.15) is 23.2 Å². The number of hydrogen-bond donors (Lipinski definition) is 4. The second-order valence-electron chi connectivity index (χ2n) is 21.5. The van der Waals surface area contributed by atoms with Crippen molar-refractivity contribution in [2.24, 2.45) is 23.7 Å². The average Bonchev–Trinajstić information content (AvgIpc) is 3.37. The van der Waals surface area contributed by atoms with Crippen molar-refractivity contribution >= 4 is 41.4 Å². The standard InChI is InChI=1S/C60H80N4O10/c1-12-40(3)47(38-51(66)49(36-42-26-18-14-19-27-42)64(11)57(72)74-59(8,9)10)55(69)61-48(39-73-58(5,6)7)50(65)37-43(54(68)62-53(56(70)71)41(4)13-2)34-35-52(67)63-60(44-28-20-15-21-29-44,45-30-22-16-23-31-45)46-32-24-17-25-33-46/h14-33,40-41,43,47-49,53H,12-13,34-39H2,1-11H3,(H,61,69)(H,62,68)(H,63,67)(H,70,71)/t40-,41-,43-,47-,48-,49+,53+/m0/s1. The van der Waals surface area contributed by atoms with Gasteiger partial charge in [0.05, 0.1) is 18.2 Å². The fourth-order valence-corrected chi connectivity index (χ4v) is 8.81. The number of ketones is 2. The molecule has 7 atom stereocenters. The fraction of sp³-hybridized carbons (Fsp3) is 0.483. The molecule has 0 fully saturated rings. The lowest BCUT2D eigenvalue weighted by atomic mass is 9.76. The van der Waals surface area contributed by atoms with Gasteiger partial charge in [-0.1, -0.05) is 162 Å². The predicted octanol–water partition coefficient (Wildman–Crippen LogP) is 9.47. The Bertz CT molecular complexity index is 2360. The summed E-state index contributed by atoms with van der Waals surface area (Å²) in [5.41, 5.74) is 0.375. The summed E-state index contributed by atoms with van der Waals surface area (Å²) in [5, 5.41) is 19.1. The van der Waals surface area contributed by atoms with Crippen LogP contribution < -0.4 is 16.0 Å². The Labute approximate surface area is 438 Å². The number of hydrogen-bond acceptors (Lipinski definition) is 9. The molecule has 4 N–H and O–H groups in total. The van der Waals surface area contributed by atoms with Crippen LogP contribution >= 0.6 is 0 Å². The molecule has 0 spiro atoms. The number of likely N-dealkylation sites (N-methyl/N-ethyl adjacent to an activating group) is 1. The summed E-state index contributed by atoms with van der Waals surface area (Å²) in [7, 11) is 1.50. The van der Waals surface area contributed by atoms with Crippen molar-refractivity contribution < 1.29 is 48.1 Å². The molecule has 4 rings (SSSR count). The SMILES string of the molecule is CC[C@H](C)[C@H](CC(=O)[C@@H](Cc1ccccc1)N(C)C(=O)OC(C)(C)C)C(=O)N[C@@H](COC(C)(C)C)C(=O)C[C@H](CCC(=O)NC(c1ccccc1)(c1ccccc1)c1ccccc1)C(=O)N[C@@H](C(=O)O)[C@@H](C)CC. The van der Waals surface area contributed by atoms with Crippen LogP contribution in [0.3, 0.4) is 0 Å². The van der Waals surface area contributed by atoms with E-state index in [1.807, 2.05) is 142 Å². The van der Waals surface area contributed by atoms with Gasteiger partial charge < -0.3 is 35.4 Å². The first kappa shape index (κ1) is 59.9. The van der Waals surface area contributed by atoms with Crippen molar-refractivity contribution in [3.8, 4) is 0 Å². The third kappa shape index (κ3) is 17.5. The summed E-state index contributed by atoms with van der Waals surface area (Å²) >= 11 is 0. The van der Waals surface area contributed by atoms with E-state index in [9.17, 15) is 38.7 Å². The minimum atomic E-state index is -1.32. The highest BCUT2D eigenvalue weighted by Gasteiger charge is 2.40. The highest BCUT2D eigenvalue weighted by Crippen LogP contribution is 2.37. The Balaban J connectivity index is 1.70. The first-order valence-electron chi connectivity index (χ1n) is 25.9. The number of aliphatic carboxylic acids is 1. The van der Waals surface area contributed by atoms with E-state index >= 15 is 0 Å². The fourth-order valence-electron chi connectivity index (χ4n) is 8.81. The summed E-state index contributed by atoms with van der Waals surface area (Å²) in [6, 6.07) is 34.2. The van der Waals surface area contributed by atoms with Gasteiger partial charge in [0, 0.05) is 44.6 Å². The summed E-state index contributed by atoms with van der Waals surface area (Å²) in [5.74, 6) is -6.97. The molecule has 0 saturated carbocycles. The van der Waals surface area contributed by atoms with Gasteiger partial charge >= 0.3 is 12.1 Å². The molecule has 14 heteroatoms. The second-order valence-corrected chi connectivity index (χ2v) is 21.5. The summed E-state index contributed by atoms with van der Waals surface area (Å²) in [6.07, 6.45) is -0.754. The van der Waals surface area contributed by atoms with Crippen molar-refractivity contribution in [2.45, 2.75) is 149 Å². The normalized spacial score (nSPS) is 14.7. The number of amides is 4. The van der Waals surface area contributed by atoms with E-state index in [4.69, 9.17) is 9.47 Å². The molecule has 4 aromatic rings. The smallest absolute Gasteiger partial charge is 0.410 e. The van der Waals surface area contributed by atoms with Gasteiger partial charge in [-0.25, -0.2) is 9.59 Å². The molecule has 0 aromatic heterocycles. The zero-order valence-corrected chi connectivity index (χ0v) is 45.3. The molecular formula is C60H80N4O10. The largest absolute Gasteiger partial charge is 0.480 e. The van der Waals surface area contributed by atoms with E-state index in [2.05, 4.69) is 16.0 Å². The van der Waals surface area contributed by atoms with Crippen molar-refractivity contribution in [1.82, 2.24) is 20.9 Å². The molecule has 0 heterocycles. The molecule has 14 nitrogen and oxygen atoms in total. The lowest BCUT2D eigenvalue weighted by Crippen LogP contribution is -2.52. The van der Waals surface area contributed by atoms with Crippen LogP contribution in [0, 0.1) is 23.7 Å². The highest BCUT2D eigenvalue weighted by molar-refractivity contribution is 5.96. The molecule has 0 saturated heterocycles. The van der Waals surface area contributed by atoms with Crippen LogP contribution in [-0.2, 0) is 50.2 Å². The first-order chi connectivity index (χ1) is 34.9. The number of carbonyl (C=O) groups excluding carboxylic acids is 6. The van der Waals surface area contributed by atoms with Gasteiger partial charge in [0.2, 0.25) is 17.7 Å². The zero-order chi connectivity index (χ0) is 54.8. The molecule has 400 valence electrons. The summed E-state index contributed by atoms with van der Waals surface area (Å²) < 4.78 is 11.8. The van der Waals surface area contributed by atoms with Crippen molar-refractivity contribution in [3.05, 3.63) is 144 Å². The zero-order valence-electron chi connectivity index (χ0n) is 45.3. The van der Waals surface area contributed by atoms with Crippen LogP contribution in [0.25, 0.3) is 0 Å². The van der Waals surface area contributed by atoms with E-state index in [0.717, 1.165) is 22.3 Å². The number of Topliss-reactive ketones (excluding diaryl/α,β-unsaturated/α-hetero) is 2. The van der Waals surface area contributed by atoms with Crippen molar-refractivity contribution in [2.75, 3.05) is 13.7 Å². The number of benzene rings is 4. The van der Waals surface area contributed by atoms with Gasteiger partial charge in [-0.3, -0.25) is 24.0 Å². The monoisotopic (exact) mass is 1020 g/mol. The molecule has 0 bridgehead atoms. The minimum Gasteiger partial charge on any atom is -0.480 e. The first-order valence-corrected chi connectivity index (χ1v) is 25.9. The summed E-state index contributed by atoms with van der Waals surface area (Å²) in [6.45, 7) is 17.5. The van der Waals surface area contributed by atoms with Crippen molar-refractivity contribution in [3.63, 3.8) is 0 Å². The maximum Gasteiger partial charge on any atom is 0.410 e. The van der Waals surface area contributed by atoms with Crippen molar-refractivity contribution in [1.29, 1.82) is 0 Å². The second kappa shape index (κ2) is 27.6. The van der Waals surface area contributed by atoms with Crippen LogP contribution in [0.15, 0.2) is 121 Å². The van der Waals surface area contributed by atoms with Crippen LogP contribution in [0.2, 0.25) is 0 Å². The van der Waals surface area contributed by atoms with E-state index in [-0.39, 0.29) is 44.0 Å². The van der Waals surface area contributed by atoms with E-state index in [1.54, 1.807) is 48.5 Å². The lowest BCUT2D eigenvalue weighted by molar-refractivity contribution is -0.144. The number of ether oxygens (including phenoxy) is 2. The molecule has 0 radical (unpaired) electrons. The molecule has 0 aliphatic rings. The number of carbonyl (C=O) groups is 7. The Morgan fingerprint density at radius 1 is 0.622 bits per heavy atom. The predicted molar refractivity (Wildman–Crippen MR) is 287 cm³/mol. The Morgan fingerprint density at radius 3 is 1.55 bits per heavy atom. The Kier molecular flexibility index (Phi) is 22.3. The number of carboxylic acids is 1. The number of carboxylic acid groups (broad SMARTS) is 1. The van der Waals surface area contributed by atoms with Crippen LogP contribution in [0.1, 0.15) is 130 Å². The quantitative estimate of drug-likeness (QED) is 0.0418. The summed E-state index contributed by atoms with van der Waals surface area (Å²) in [4.78, 5) is 100. The van der Waals surface area contributed by atoms with E-state index in [0.29, 0.717) is 12.8 Å². The van der Waals surface area contributed by atoms with Gasteiger partial charge in [0.25, 0.3) is 0 Å². The highest BCUT2D eigenvalue weighted by atomic mass is 16.6. The third-order valence-electron chi connectivity index (χ3n) is 13.5. The third-order valence-corrected chi connectivity index (χ3v) is 13.5. The maximum absolute atomic E-state index is 14.8. The number of rotatable bonds is 27. The molecule has 0 unspecified atom stereocenters. The van der Waals surface area contributed by atoms with Gasteiger partial charge in [-0.15, -0.1) is 0 Å². The van der Waals surface area contributed by atoms with Gasteiger partial charge in [0.15, 0.2) is 11.6 Å². The van der Waals surface area contributed by atoms with E-state index in [1.165, 1.54) is 11.9 Å². The maximum atomic E-state index is 14.8. The van der Waals surface area contributed by atoms with Gasteiger partial charge in [-0.2, -0.15) is 0 Å². The van der Waals surface area contributed by atoms with Crippen LogP contribution in [0.4, 0.5) is 4.79 Å².